The third kappa shape index (κ3) is 3.62. The summed E-state index contributed by atoms with van der Waals surface area (Å²) in [5.74, 6) is 2.53. The number of aromatic nitrogens is 5. The van der Waals surface area contributed by atoms with Gasteiger partial charge in [0, 0.05) is 13.7 Å². The SMILES string of the molecule is CCOC(C)c1noc(CSc2nnc(-c3cccs3)n2C)n1. The molecule has 1 atom stereocenters. The lowest BCUT2D eigenvalue weighted by Gasteiger charge is -2.04. The molecule has 3 heterocycles. The third-order valence-electron chi connectivity index (χ3n) is 3.17. The molecule has 0 aliphatic heterocycles. The summed E-state index contributed by atoms with van der Waals surface area (Å²) in [6, 6.07) is 4.03. The van der Waals surface area contributed by atoms with Crippen molar-refractivity contribution in [2.45, 2.75) is 30.9 Å². The Balaban J connectivity index is 1.65. The molecule has 0 amide bonds. The minimum atomic E-state index is -0.164. The predicted molar refractivity (Wildman–Crippen MR) is 88.2 cm³/mol. The standard InChI is InChI=1S/C14H17N5O2S2/c1-4-20-9(2)12-15-11(21-18-12)8-23-14-17-16-13(19(14)3)10-6-5-7-22-10/h5-7,9H,4,8H2,1-3H3. The number of hydrogen-bond donors (Lipinski definition) is 0. The van der Waals surface area contributed by atoms with Gasteiger partial charge in [0.25, 0.3) is 0 Å². The van der Waals surface area contributed by atoms with Gasteiger partial charge in [-0.3, -0.25) is 0 Å². The molecule has 0 aliphatic carbocycles. The maximum absolute atomic E-state index is 5.45. The number of thiophene rings is 1. The van der Waals surface area contributed by atoms with Gasteiger partial charge in [-0.2, -0.15) is 4.98 Å². The summed E-state index contributed by atoms with van der Waals surface area (Å²) in [6.07, 6.45) is -0.164. The largest absolute Gasteiger partial charge is 0.371 e. The van der Waals surface area contributed by atoms with Crippen LogP contribution in [0.3, 0.4) is 0 Å². The Morgan fingerprint density at radius 1 is 1.43 bits per heavy atom. The molecule has 0 N–H and O–H groups in total. The van der Waals surface area contributed by atoms with Crippen LogP contribution in [0.15, 0.2) is 27.2 Å². The van der Waals surface area contributed by atoms with Gasteiger partial charge in [0.2, 0.25) is 5.89 Å². The summed E-state index contributed by atoms with van der Waals surface area (Å²) in [5.41, 5.74) is 0. The Hall–Kier alpha value is -1.71. The second-order valence-electron chi connectivity index (χ2n) is 4.78. The molecule has 0 saturated heterocycles. The van der Waals surface area contributed by atoms with Crippen molar-refractivity contribution in [3.8, 4) is 10.7 Å². The quantitative estimate of drug-likeness (QED) is 0.604. The van der Waals surface area contributed by atoms with Crippen molar-refractivity contribution in [1.82, 2.24) is 24.9 Å². The van der Waals surface area contributed by atoms with Crippen LogP contribution in [0.1, 0.15) is 31.7 Å². The molecular formula is C14H17N5O2S2. The van der Waals surface area contributed by atoms with Crippen LogP contribution in [0.5, 0.6) is 0 Å². The highest BCUT2D eigenvalue weighted by Crippen LogP contribution is 2.27. The van der Waals surface area contributed by atoms with Crippen molar-refractivity contribution in [3.05, 3.63) is 29.2 Å². The Kier molecular flexibility index (Phi) is 5.09. The Morgan fingerprint density at radius 2 is 2.30 bits per heavy atom. The molecule has 0 spiro atoms. The number of thioether (sulfide) groups is 1. The van der Waals surface area contributed by atoms with Crippen LogP contribution in [-0.2, 0) is 17.5 Å². The van der Waals surface area contributed by atoms with Crippen LogP contribution in [0, 0.1) is 0 Å². The van der Waals surface area contributed by atoms with E-state index >= 15 is 0 Å². The molecule has 3 aromatic heterocycles. The molecule has 3 aromatic rings. The van der Waals surface area contributed by atoms with Crippen LogP contribution in [0.2, 0.25) is 0 Å². The Bertz CT molecular complexity index is 753. The number of hydrogen-bond acceptors (Lipinski definition) is 8. The van der Waals surface area contributed by atoms with Crippen molar-refractivity contribution >= 4 is 23.1 Å². The van der Waals surface area contributed by atoms with Crippen LogP contribution in [-0.4, -0.2) is 31.5 Å². The normalized spacial score (nSPS) is 12.7. The predicted octanol–water partition coefficient (Wildman–Crippen LogP) is 3.32. The maximum atomic E-state index is 5.45. The van der Waals surface area contributed by atoms with Crippen molar-refractivity contribution in [1.29, 1.82) is 0 Å². The molecule has 0 fully saturated rings. The fourth-order valence-electron chi connectivity index (χ4n) is 2.00. The van der Waals surface area contributed by atoms with Gasteiger partial charge in [-0.05, 0) is 25.3 Å². The molecule has 9 heteroatoms. The zero-order valence-electron chi connectivity index (χ0n) is 13.1. The summed E-state index contributed by atoms with van der Waals surface area (Å²) < 4.78 is 12.7. The van der Waals surface area contributed by atoms with Gasteiger partial charge < -0.3 is 13.8 Å². The highest BCUT2D eigenvalue weighted by atomic mass is 32.2. The van der Waals surface area contributed by atoms with Crippen LogP contribution < -0.4 is 0 Å². The van der Waals surface area contributed by atoms with Gasteiger partial charge in [-0.1, -0.05) is 23.0 Å². The van der Waals surface area contributed by atoms with Crippen LogP contribution in [0.4, 0.5) is 0 Å². The summed E-state index contributed by atoms with van der Waals surface area (Å²) in [5, 5.41) is 15.3. The fraction of sp³-hybridized carbons (Fsp3) is 0.429. The van der Waals surface area contributed by atoms with Gasteiger partial charge in [-0.25, -0.2) is 0 Å². The van der Waals surface area contributed by atoms with Gasteiger partial charge in [-0.15, -0.1) is 21.5 Å². The molecule has 0 saturated carbocycles. The first-order chi connectivity index (χ1) is 11.2. The molecule has 0 radical (unpaired) electrons. The highest BCUT2D eigenvalue weighted by molar-refractivity contribution is 7.98. The molecular weight excluding hydrogens is 334 g/mol. The highest BCUT2D eigenvalue weighted by Gasteiger charge is 2.16. The van der Waals surface area contributed by atoms with Gasteiger partial charge in [0.15, 0.2) is 16.8 Å². The molecule has 23 heavy (non-hydrogen) atoms. The molecule has 7 nitrogen and oxygen atoms in total. The lowest BCUT2D eigenvalue weighted by atomic mass is 10.4. The lowest BCUT2D eigenvalue weighted by molar-refractivity contribution is 0.0683. The van der Waals surface area contributed by atoms with Crippen molar-refractivity contribution < 1.29 is 9.26 Å². The Labute approximate surface area is 142 Å². The molecule has 122 valence electrons. The van der Waals surface area contributed by atoms with Gasteiger partial charge in [0.05, 0.1) is 10.6 Å². The van der Waals surface area contributed by atoms with Crippen molar-refractivity contribution in [2.24, 2.45) is 7.05 Å². The zero-order valence-corrected chi connectivity index (χ0v) is 14.7. The van der Waals surface area contributed by atoms with E-state index in [0.717, 1.165) is 15.9 Å². The van der Waals surface area contributed by atoms with Gasteiger partial charge in [0.1, 0.15) is 6.10 Å². The summed E-state index contributed by atoms with van der Waals surface area (Å²) in [4.78, 5) is 5.45. The number of ether oxygens (including phenoxy) is 1. The number of rotatable bonds is 7. The van der Waals surface area contributed by atoms with E-state index in [-0.39, 0.29) is 6.10 Å². The first-order valence-corrected chi connectivity index (χ1v) is 9.05. The van der Waals surface area contributed by atoms with E-state index in [0.29, 0.717) is 24.1 Å². The van der Waals surface area contributed by atoms with E-state index in [9.17, 15) is 0 Å². The monoisotopic (exact) mass is 351 g/mol. The summed E-state index contributed by atoms with van der Waals surface area (Å²) in [7, 11) is 1.95. The van der Waals surface area contributed by atoms with E-state index in [1.54, 1.807) is 11.3 Å². The van der Waals surface area contributed by atoms with E-state index in [2.05, 4.69) is 20.3 Å². The van der Waals surface area contributed by atoms with E-state index < -0.39 is 0 Å². The second kappa shape index (κ2) is 7.24. The van der Waals surface area contributed by atoms with E-state index in [1.807, 2.05) is 43.0 Å². The Morgan fingerprint density at radius 3 is 3.04 bits per heavy atom. The third-order valence-corrected chi connectivity index (χ3v) is 5.04. The van der Waals surface area contributed by atoms with Gasteiger partial charge >= 0.3 is 0 Å². The van der Waals surface area contributed by atoms with Crippen molar-refractivity contribution in [2.75, 3.05) is 6.61 Å². The molecule has 1 unspecified atom stereocenters. The number of nitrogens with zero attached hydrogens (tertiary/aromatic N) is 5. The first-order valence-electron chi connectivity index (χ1n) is 7.19. The summed E-state index contributed by atoms with van der Waals surface area (Å²) >= 11 is 3.16. The topological polar surface area (TPSA) is 78.9 Å². The second-order valence-corrected chi connectivity index (χ2v) is 6.67. The molecule has 0 aromatic carbocycles. The maximum Gasteiger partial charge on any atom is 0.237 e. The molecule has 0 bridgehead atoms. The van der Waals surface area contributed by atoms with Crippen LogP contribution >= 0.6 is 23.1 Å². The minimum absolute atomic E-state index is 0.164. The fourth-order valence-corrected chi connectivity index (χ4v) is 3.50. The zero-order chi connectivity index (χ0) is 16.2. The average Bonchev–Trinajstić information content (AvgIpc) is 3.26. The van der Waals surface area contributed by atoms with Crippen LogP contribution in [0.25, 0.3) is 10.7 Å². The lowest BCUT2D eigenvalue weighted by Crippen LogP contribution is -2.01. The molecule has 3 rings (SSSR count). The minimum Gasteiger partial charge on any atom is -0.371 e. The summed E-state index contributed by atoms with van der Waals surface area (Å²) in [6.45, 7) is 4.46. The average molecular weight is 351 g/mol. The first kappa shape index (κ1) is 16.2. The molecule has 0 aliphatic rings. The van der Waals surface area contributed by atoms with E-state index in [1.165, 1.54) is 11.8 Å². The van der Waals surface area contributed by atoms with Crippen molar-refractivity contribution in [3.63, 3.8) is 0 Å². The smallest absolute Gasteiger partial charge is 0.237 e. The van der Waals surface area contributed by atoms with E-state index in [4.69, 9.17) is 9.26 Å².